The first-order valence-corrected chi connectivity index (χ1v) is 4.70. The lowest BCUT2D eigenvalue weighted by Crippen LogP contribution is -2.02. The zero-order chi connectivity index (χ0) is 9.68. The summed E-state index contributed by atoms with van der Waals surface area (Å²) in [7, 11) is 0. The van der Waals surface area contributed by atoms with E-state index in [1.165, 1.54) is 16.7 Å². The van der Waals surface area contributed by atoms with Crippen molar-refractivity contribution < 1.29 is 0 Å². The van der Waals surface area contributed by atoms with Crippen LogP contribution in [0.4, 0.5) is 0 Å². The average Bonchev–Trinajstić information content (AvgIpc) is 2.10. The van der Waals surface area contributed by atoms with Crippen LogP contribution in [0.5, 0.6) is 0 Å². The predicted octanol–water partition coefficient (Wildman–Crippen LogP) is 2.53. The SMILES string of the molecule is CC=Cc1ccc(CCN)cc1C. The Morgan fingerprint density at radius 2 is 2.15 bits per heavy atom. The van der Waals surface area contributed by atoms with Crippen LogP contribution in [0.2, 0.25) is 0 Å². The van der Waals surface area contributed by atoms with Gasteiger partial charge >= 0.3 is 0 Å². The van der Waals surface area contributed by atoms with Crippen LogP contribution in [0.25, 0.3) is 6.08 Å². The van der Waals surface area contributed by atoms with Gasteiger partial charge in [-0.2, -0.15) is 0 Å². The minimum atomic E-state index is 0.725. The van der Waals surface area contributed by atoms with Crippen LogP contribution in [0.15, 0.2) is 24.3 Å². The van der Waals surface area contributed by atoms with Gasteiger partial charge in [-0.3, -0.25) is 0 Å². The summed E-state index contributed by atoms with van der Waals surface area (Å²) in [5.41, 5.74) is 9.44. The van der Waals surface area contributed by atoms with E-state index in [9.17, 15) is 0 Å². The van der Waals surface area contributed by atoms with E-state index < -0.39 is 0 Å². The van der Waals surface area contributed by atoms with E-state index >= 15 is 0 Å². The van der Waals surface area contributed by atoms with Crippen molar-refractivity contribution in [1.82, 2.24) is 0 Å². The highest BCUT2D eigenvalue weighted by Crippen LogP contribution is 2.12. The van der Waals surface area contributed by atoms with Gasteiger partial charge in [-0.1, -0.05) is 30.4 Å². The second-order valence-electron chi connectivity index (χ2n) is 3.23. The standard InChI is InChI=1S/C12H17N/c1-3-4-12-6-5-11(7-8-13)9-10(12)2/h3-6,9H,7-8,13H2,1-2H3. The molecule has 1 aromatic rings. The molecule has 0 saturated heterocycles. The molecule has 2 N–H and O–H groups in total. The third-order valence-corrected chi connectivity index (χ3v) is 2.11. The average molecular weight is 175 g/mol. The van der Waals surface area contributed by atoms with Crippen LogP contribution in [-0.4, -0.2) is 6.54 Å². The predicted molar refractivity (Wildman–Crippen MR) is 58.6 cm³/mol. The number of benzene rings is 1. The lowest BCUT2D eigenvalue weighted by molar-refractivity contribution is 0.966. The molecule has 1 heteroatoms. The molecule has 0 unspecified atom stereocenters. The van der Waals surface area contributed by atoms with E-state index in [0.717, 1.165) is 13.0 Å². The van der Waals surface area contributed by atoms with Gasteiger partial charge in [-0.15, -0.1) is 0 Å². The van der Waals surface area contributed by atoms with Gasteiger partial charge in [0.15, 0.2) is 0 Å². The molecular weight excluding hydrogens is 158 g/mol. The summed E-state index contributed by atoms with van der Waals surface area (Å²) in [4.78, 5) is 0. The molecule has 0 spiro atoms. The van der Waals surface area contributed by atoms with E-state index in [2.05, 4.69) is 37.3 Å². The highest BCUT2D eigenvalue weighted by Gasteiger charge is 1.95. The number of hydrogen-bond acceptors (Lipinski definition) is 1. The minimum Gasteiger partial charge on any atom is -0.330 e. The van der Waals surface area contributed by atoms with Crippen LogP contribution in [0, 0.1) is 6.92 Å². The summed E-state index contributed by atoms with van der Waals surface area (Å²) < 4.78 is 0. The molecule has 0 fully saturated rings. The summed E-state index contributed by atoms with van der Waals surface area (Å²) in [5.74, 6) is 0. The topological polar surface area (TPSA) is 26.0 Å². The number of hydrogen-bond donors (Lipinski definition) is 1. The molecule has 13 heavy (non-hydrogen) atoms. The van der Waals surface area contributed by atoms with E-state index in [0.29, 0.717) is 0 Å². The first kappa shape index (κ1) is 10.0. The van der Waals surface area contributed by atoms with E-state index in [1.54, 1.807) is 0 Å². The summed E-state index contributed by atoms with van der Waals surface area (Å²) in [6, 6.07) is 6.51. The maximum atomic E-state index is 5.49. The molecule has 0 bridgehead atoms. The van der Waals surface area contributed by atoms with E-state index in [-0.39, 0.29) is 0 Å². The van der Waals surface area contributed by atoms with Crippen LogP contribution in [-0.2, 0) is 6.42 Å². The number of rotatable bonds is 3. The van der Waals surface area contributed by atoms with Crippen molar-refractivity contribution in [3.8, 4) is 0 Å². The van der Waals surface area contributed by atoms with Crippen molar-refractivity contribution in [3.05, 3.63) is 41.0 Å². The molecule has 70 valence electrons. The largest absolute Gasteiger partial charge is 0.330 e. The molecule has 0 aromatic heterocycles. The second-order valence-corrected chi connectivity index (χ2v) is 3.23. The van der Waals surface area contributed by atoms with Crippen molar-refractivity contribution in [2.75, 3.05) is 6.54 Å². The van der Waals surface area contributed by atoms with Crippen molar-refractivity contribution in [1.29, 1.82) is 0 Å². The number of allylic oxidation sites excluding steroid dienone is 1. The molecule has 0 atom stereocenters. The maximum Gasteiger partial charge on any atom is -0.00367 e. The number of aryl methyl sites for hydroxylation is 1. The lowest BCUT2D eigenvalue weighted by Gasteiger charge is -2.03. The summed E-state index contributed by atoms with van der Waals surface area (Å²) in [6.07, 6.45) is 5.16. The van der Waals surface area contributed by atoms with Gasteiger partial charge in [0.05, 0.1) is 0 Å². The van der Waals surface area contributed by atoms with Gasteiger partial charge < -0.3 is 5.73 Å². The highest BCUT2D eigenvalue weighted by molar-refractivity contribution is 5.53. The third kappa shape index (κ3) is 2.71. The van der Waals surface area contributed by atoms with Crippen LogP contribution in [0.3, 0.4) is 0 Å². The second kappa shape index (κ2) is 4.83. The maximum absolute atomic E-state index is 5.49. The Morgan fingerprint density at radius 3 is 2.69 bits per heavy atom. The third-order valence-electron chi connectivity index (χ3n) is 2.11. The Morgan fingerprint density at radius 1 is 1.38 bits per heavy atom. The summed E-state index contributed by atoms with van der Waals surface area (Å²) in [5, 5.41) is 0. The van der Waals surface area contributed by atoms with Crippen molar-refractivity contribution in [3.63, 3.8) is 0 Å². The zero-order valence-electron chi connectivity index (χ0n) is 8.38. The van der Waals surface area contributed by atoms with Crippen molar-refractivity contribution >= 4 is 6.08 Å². The van der Waals surface area contributed by atoms with Crippen molar-refractivity contribution in [2.24, 2.45) is 5.73 Å². The zero-order valence-corrected chi connectivity index (χ0v) is 8.38. The molecule has 0 amide bonds. The highest BCUT2D eigenvalue weighted by atomic mass is 14.5. The lowest BCUT2D eigenvalue weighted by atomic mass is 10.0. The molecule has 0 aliphatic carbocycles. The fourth-order valence-corrected chi connectivity index (χ4v) is 1.43. The summed E-state index contributed by atoms with van der Waals surface area (Å²) in [6.45, 7) is 4.89. The van der Waals surface area contributed by atoms with Gasteiger partial charge in [0.25, 0.3) is 0 Å². The van der Waals surface area contributed by atoms with Crippen molar-refractivity contribution in [2.45, 2.75) is 20.3 Å². The first-order valence-electron chi connectivity index (χ1n) is 4.70. The van der Waals surface area contributed by atoms with Gasteiger partial charge in [0, 0.05) is 0 Å². The molecular formula is C12H17N. The molecule has 0 aliphatic rings. The van der Waals surface area contributed by atoms with E-state index in [4.69, 9.17) is 5.73 Å². The molecule has 0 radical (unpaired) electrons. The van der Waals surface area contributed by atoms with Gasteiger partial charge in [0.2, 0.25) is 0 Å². The van der Waals surface area contributed by atoms with Gasteiger partial charge in [-0.05, 0) is 43.5 Å². The first-order chi connectivity index (χ1) is 6.27. The summed E-state index contributed by atoms with van der Waals surface area (Å²) >= 11 is 0. The van der Waals surface area contributed by atoms with Crippen LogP contribution in [0.1, 0.15) is 23.6 Å². The fraction of sp³-hybridized carbons (Fsp3) is 0.333. The molecule has 0 heterocycles. The molecule has 1 nitrogen and oxygen atoms in total. The Balaban J connectivity index is 2.91. The Bertz CT molecular complexity index is 300. The fourth-order valence-electron chi connectivity index (χ4n) is 1.43. The van der Waals surface area contributed by atoms with Gasteiger partial charge in [-0.25, -0.2) is 0 Å². The Kier molecular flexibility index (Phi) is 3.71. The van der Waals surface area contributed by atoms with Gasteiger partial charge in [0.1, 0.15) is 0 Å². The molecule has 0 saturated carbocycles. The Labute approximate surface area is 80.3 Å². The molecule has 1 rings (SSSR count). The van der Waals surface area contributed by atoms with E-state index in [1.807, 2.05) is 6.92 Å². The minimum absolute atomic E-state index is 0.725. The quantitative estimate of drug-likeness (QED) is 0.750. The van der Waals surface area contributed by atoms with Crippen LogP contribution >= 0.6 is 0 Å². The van der Waals surface area contributed by atoms with Crippen LogP contribution < -0.4 is 5.73 Å². The molecule has 1 aromatic carbocycles. The monoisotopic (exact) mass is 175 g/mol. The number of nitrogens with two attached hydrogens (primary N) is 1. The Hall–Kier alpha value is -1.08. The molecule has 0 aliphatic heterocycles. The normalized spacial score (nSPS) is 11.0. The smallest absolute Gasteiger partial charge is 0.00367 e.